The molecule has 0 atom stereocenters. The Morgan fingerprint density at radius 3 is 1.06 bits per heavy atom. The molecule has 0 saturated heterocycles. The molecule has 192 valence electrons. The van der Waals surface area contributed by atoms with Crippen molar-refractivity contribution < 1.29 is 24.0 Å². The van der Waals surface area contributed by atoms with Crippen LogP contribution in [0.3, 0.4) is 0 Å². The van der Waals surface area contributed by atoms with Crippen LogP contribution in [0.4, 0.5) is 0 Å². The molecule has 0 aromatic rings. The molecule has 0 aromatic carbocycles. The van der Waals surface area contributed by atoms with Crippen LogP contribution in [-0.2, 0) is 0 Å². The van der Waals surface area contributed by atoms with Crippen molar-refractivity contribution in [1.29, 1.82) is 0 Å². The molecule has 0 aliphatic heterocycles. The van der Waals surface area contributed by atoms with E-state index in [1.54, 1.807) is 0 Å². The standard InChI is InChI=1S/C29H58OSi3.Li/c1-25(2,3)32(13,26(4,5)6)31(33(14,27(7,8)9)28(10,11)12)24(30)29-18-21-15-22(19-29)17-23(16-21)20-29;/h21-23,30H,15-20H2,1-14H3;/q;+1/p-1. The summed E-state index contributed by atoms with van der Waals surface area (Å²) in [4.78, 5) is 0. The first kappa shape index (κ1) is 31.1. The second-order valence-electron chi connectivity index (χ2n) is 17.2. The number of rotatable bonds is 3. The second kappa shape index (κ2) is 9.00. The molecule has 0 radical (unpaired) electrons. The summed E-state index contributed by atoms with van der Waals surface area (Å²) in [5.74, 6) is 2.54. The van der Waals surface area contributed by atoms with Gasteiger partial charge in [0, 0.05) is 0 Å². The summed E-state index contributed by atoms with van der Waals surface area (Å²) in [5.41, 5.74) is 0.0402. The summed E-state index contributed by atoms with van der Waals surface area (Å²) in [6, 6.07) is 0. The van der Waals surface area contributed by atoms with Gasteiger partial charge in [-0.1, -0.05) is 96.2 Å². The van der Waals surface area contributed by atoms with Crippen LogP contribution in [0.5, 0.6) is 0 Å². The minimum Gasteiger partial charge on any atom is -0.879 e. The van der Waals surface area contributed by atoms with Gasteiger partial charge in [0.15, 0.2) is 0 Å². The quantitative estimate of drug-likeness (QED) is 0.471. The van der Waals surface area contributed by atoms with Crippen LogP contribution in [0, 0.1) is 23.2 Å². The van der Waals surface area contributed by atoms with E-state index in [2.05, 4.69) is 96.2 Å². The van der Waals surface area contributed by atoms with E-state index in [4.69, 9.17) is 0 Å². The van der Waals surface area contributed by atoms with Gasteiger partial charge in [-0.25, -0.2) is 0 Å². The minimum absolute atomic E-state index is 0. The fraction of sp³-hybridized carbons (Fsp3) is 0.966. The third-order valence-electron chi connectivity index (χ3n) is 11.7. The van der Waals surface area contributed by atoms with Gasteiger partial charge >= 0.3 is 18.9 Å². The Morgan fingerprint density at radius 1 is 0.618 bits per heavy atom. The van der Waals surface area contributed by atoms with Gasteiger partial charge in [-0.2, -0.15) is 5.35 Å². The van der Waals surface area contributed by atoms with Gasteiger partial charge in [0.25, 0.3) is 0 Å². The molecular weight excluding hydrogens is 456 g/mol. The predicted molar refractivity (Wildman–Crippen MR) is 153 cm³/mol. The van der Waals surface area contributed by atoms with Crippen LogP contribution in [0.15, 0.2) is 0 Å². The first-order valence-corrected chi connectivity index (χ1v) is 22.4. The maximum atomic E-state index is 15.6. The van der Waals surface area contributed by atoms with Crippen LogP contribution in [0.1, 0.15) is 122 Å². The third kappa shape index (κ3) is 4.54. The largest absolute Gasteiger partial charge is 1.00 e. The van der Waals surface area contributed by atoms with E-state index in [-0.39, 0.29) is 44.4 Å². The summed E-state index contributed by atoms with van der Waals surface area (Å²) < 4.78 is 0. The Balaban J connectivity index is 0.00000408. The Labute approximate surface area is 229 Å². The van der Waals surface area contributed by atoms with Gasteiger partial charge in [0.2, 0.25) is 0 Å². The average molecular weight is 513 g/mol. The van der Waals surface area contributed by atoms with Crippen molar-refractivity contribution in [2.75, 3.05) is 0 Å². The zero-order chi connectivity index (χ0) is 25.6. The normalized spacial score (nSPS) is 30.2. The van der Waals surface area contributed by atoms with Crippen LogP contribution in [0.2, 0.25) is 33.2 Å². The fourth-order valence-corrected chi connectivity index (χ4v) is 58.4. The van der Waals surface area contributed by atoms with Crippen molar-refractivity contribution >= 4 is 28.0 Å². The molecule has 0 heterocycles. The first-order chi connectivity index (χ1) is 14.5. The van der Waals surface area contributed by atoms with E-state index in [1.165, 1.54) is 38.5 Å². The van der Waals surface area contributed by atoms with Gasteiger partial charge in [-0.05, 0) is 89.3 Å². The second-order valence-corrected chi connectivity index (χ2v) is 39.4. The van der Waals surface area contributed by atoms with E-state index >= 15 is 5.11 Å². The van der Waals surface area contributed by atoms with E-state index in [1.807, 2.05) is 0 Å². The molecule has 0 amide bonds. The molecule has 4 saturated carbocycles. The molecular formula is C29H57LiOSi3. The topological polar surface area (TPSA) is 23.1 Å². The van der Waals surface area contributed by atoms with Crippen molar-refractivity contribution in [3.8, 4) is 0 Å². The van der Waals surface area contributed by atoms with Crippen molar-refractivity contribution in [1.82, 2.24) is 0 Å². The van der Waals surface area contributed by atoms with Crippen LogP contribution in [0.25, 0.3) is 0 Å². The van der Waals surface area contributed by atoms with E-state index in [0.29, 0.717) is 0 Å². The van der Waals surface area contributed by atoms with Crippen molar-refractivity contribution in [2.24, 2.45) is 23.2 Å². The maximum absolute atomic E-state index is 15.6. The summed E-state index contributed by atoms with van der Waals surface area (Å²) in [6.45, 7) is 35.6. The Morgan fingerprint density at radius 2 is 0.853 bits per heavy atom. The molecule has 0 N–H and O–H groups in total. The van der Waals surface area contributed by atoms with E-state index in [0.717, 1.165) is 23.1 Å². The Kier molecular flexibility index (Phi) is 8.24. The molecule has 4 fully saturated rings. The fourth-order valence-electron chi connectivity index (χ4n) is 9.36. The van der Waals surface area contributed by atoms with Gasteiger partial charge in [0.1, 0.15) is 0 Å². The molecule has 5 heteroatoms. The van der Waals surface area contributed by atoms with E-state index in [9.17, 15) is 0 Å². The van der Waals surface area contributed by atoms with Crippen LogP contribution >= 0.6 is 0 Å². The molecule has 4 bridgehead atoms. The van der Waals surface area contributed by atoms with Gasteiger partial charge in [0.05, 0.1) is 15.2 Å². The van der Waals surface area contributed by atoms with Crippen LogP contribution in [-0.4, -0.2) is 28.0 Å². The van der Waals surface area contributed by atoms with Crippen molar-refractivity contribution in [3.63, 3.8) is 0 Å². The third-order valence-corrected chi connectivity index (χ3v) is 52.1. The van der Waals surface area contributed by atoms with Crippen LogP contribution < -0.4 is 24.0 Å². The summed E-state index contributed by atoms with van der Waals surface area (Å²) in [7, 11) is -5.32. The molecule has 0 aromatic heterocycles. The Bertz CT molecular complexity index is 698. The molecule has 4 rings (SSSR count). The SMILES string of the molecule is CC(C)(C)[Si](C)([Si](=C([O-])C12CC3CC(CC(C3)C1)C2)[Si](C)(C(C)(C)C)C(C)(C)C)C(C)(C)C.[Li+]. The average Bonchev–Trinajstić information content (AvgIpc) is 2.56. The first-order valence-electron chi connectivity index (χ1n) is 13.9. The number of hydrogen-bond acceptors (Lipinski definition) is 1. The summed E-state index contributed by atoms with van der Waals surface area (Å²) in [6.07, 6.45) is 8.00. The minimum atomic E-state index is -2.04. The monoisotopic (exact) mass is 512 g/mol. The zero-order valence-electron chi connectivity index (χ0n) is 25.9. The number of hydrogen-bond donors (Lipinski definition) is 0. The van der Waals surface area contributed by atoms with Gasteiger partial charge < -0.3 is 5.11 Å². The molecule has 4 aliphatic carbocycles. The maximum Gasteiger partial charge on any atom is 1.00 e. The molecule has 34 heavy (non-hydrogen) atoms. The molecule has 0 spiro atoms. The molecule has 1 nitrogen and oxygen atoms in total. The molecule has 4 aliphatic rings. The van der Waals surface area contributed by atoms with Gasteiger partial charge in [-0.3, -0.25) is 0 Å². The predicted octanol–water partition coefficient (Wildman–Crippen LogP) is 5.29. The zero-order valence-corrected chi connectivity index (χ0v) is 28.9. The smallest absolute Gasteiger partial charge is 0.879 e. The van der Waals surface area contributed by atoms with E-state index < -0.39 is 22.6 Å². The van der Waals surface area contributed by atoms with Crippen molar-refractivity contribution in [2.45, 2.75) is 155 Å². The molecule has 0 unspecified atom stereocenters. The summed E-state index contributed by atoms with van der Waals surface area (Å²) in [5, 5.41) is 17.4. The summed E-state index contributed by atoms with van der Waals surface area (Å²) >= 11 is 0. The van der Waals surface area contributed by atoms with Crippen molar-refractivity contribution in [3.05, 3.63) is 0 Å². The van der Waals surface area contributed by atoms with Gasteiger partial charge in [-0.15, -0.1) is 0 Å². The Hall–Kier alpha value is 0.918.